The van der Waals surface area contributed by atoms with Gasteiger partial charge in [0.2, 0.25) is 0 Å². The van der Waals surface area contributed by atoms with Gasteiger partial charge in [0.1, 0.15) is 0 Å². The molecule has 2 aliphatic carbocycles. The fraction of sp³-hybridized carbons (Fsp3) is 0.727. The first kappa shape index (κ1) is 20.7. The second-order valence-electron chi connectivity index (χ2n) is 8.12. The first-order chi connectivity index (χ1) is 13.1. The van der Waals surface area contributed by atoms with Gasteiger partial charge in [-0.15, -0.1) is 0 Å². The third-order valence-corrected chi connectivity index (χ3v) is 6.07. The van der Waals surface area contributed by atoms with E-state index in [0.29, 0.717) is 17.6 Å². The maximum atomic E-state index is 13.4. The van der Waals surface area contributed by atoms with E-state index < -0.39 is 17.5 Å². The van der Waals surface area contributed by atoms with Gasteiger partial charge in [-0.2, -0.15) is 0 Å². The van der Waals surface area contributed by atoms with Gasteiger partial charge in [0.15, 0.2) is 17.5 Å². The zero-order chi connectivity index (χ0) is 19.2. The van der Waals surface area contributed by atoms with Crippen LogP contribution in [-0.2, 0) is 9.47 Å². The van der Waals surface area contributed by atoms with Gasteiger partial charge in [-0.1, -0.05) is 6.92 Å². The first-order valence-electron chi connectivity index (χ1n) is 10.4. The predicted octanol–water partition coefficient (Wildman–Crippen LogP) is 6.13. The summed E-state index contributed by atoms with van der Waals surface area (Å²) in [6, 6.07) is 2.28. The van der Waals surface area contributed by atoms with Crippen LogP contribution in [0.15, 0.2) is 12.1 Å². The Morgan fingerprint density at radius 3 is 1.96 bits per heavy atom. The second-order valence-corrected chi connectivity index (χ2v) is 8.12. The van der Waals surface area contributed by atoms with E-state index in [9.17, 15) is 13.2 Å². The highest BCUT2D eigenvalue weighted by molar-refractivity contribution is 5.23. The molecule has 2 aliphatic rings. The van der Waals surface area contributed by atoms with Gasteiger partial charge in [0, 0.05) is 13.2 Å². The van der Waals surface area contributed by atoms with Gasteiger partial charge in [-0.25, -0.2) is 13.2 Å². The summed E-state index contributed by atoms with van der Waals surface area (Å²) in [5, 5.41) is 0. The molecule has 2 nitrogen and oxygen atoms in total. The van der Waals surface area contributed by atoms with Crippen molar-refractivity contribution in [3.63, 3.8) is 0 Å². The fourth-order valence-electron chi connectivity index (χ4n) is 4.40. The summed E-state index contributed by atoms with van der Waals surface area (Å²) in [6.45, 7) is 3.80. The van der Waals surface area contributed by atoms with Crippen molar-refractivity contribution in [2.75, 3.05) is 13.2 Å². The summed E-state index contributed by atoms with van der Waals surface area (Å²) in [5.74, 6) is -2.88. The van der Waals surface area contributed by atoms with Crippen molar-refractivity contribution in [3.8, 4) is 0 Å². The molecule has 0 radical (unpaired) electrons. The third-order valence-electron chi connectivity index (χ3n) is 6.07. The van der Waals surface area contributed by atoms with E-state index in [0.717, 1.165) is 83.1 Å². The zero-order valence-electron chi connectivity index (χ0n) is 16.2. The van der Waals surface area contributed by atoms with Crippen LogP contribution in [0.25, 0.3) is 0 Å². The van der Waals surface area contributed by atoms with Crippen LogP contribution in [0.4, 0.5) is 13.2 Å². The fourth-order valence-corrected chi connectivity index (χ4v) is 4.40. The molecule has 2 fully saturated rings. The Bertz CT molecular complexity index is 568. The summed E-state index contributed by atoms with van der Waals surface area (Å²) >= 11 is 0. The van der Waals surface area contributed by atoms with Gasteiger partial charge in [0.25, 0.3) is 0 Å². The normalized spacial score (nSPS) is 29.0. The molecule has 0 unspecified atom stereocenters. The molecule has 0 aromatic heterocycles. The van der Waals surface area contributed by atoms with Gasteiger partial charge in [0.05, 0.1) is 12.2 Å². The lowest BCUT2D eigenvalue weighted by atomic mass is 9.82. The molecule has 0 saturated heterocycles. The topological polar surface area (TPSA) is 18.5 Å². The van der Waals surface area contributed by atoms with E-state index >= 15 is 0 Å². The molecule has 0 amide bonds. The predicted molar refractivity (Wildman–Crippen MR) is 99.3 cm³/mol. The van der Waals surface area contributed by atoms with Crippen LogP contribution in [0.1, 0.15) is 76.2 Å². The molecule has 27 heavy (non-hydrogen) atoms. The Balaban J connectivity index is 1.38. The van der Waals surface area contributed by atoms with E-state index in [2.05, 4.69) is 6.92 Å². The molecule has 0 bridgehead atoms. The lowest BCUT2D eigenvalue weighted by Gasteiger charge is -2.32. The molecule has 0 spiro atoms. The SMILES string of the molecule is CCCOC1CCC(COC2CCC(c3cc(F)c(F)c(F)c3)CC2)CC1. The van der Waals surface area contributed by atoms with Crippen molar-refractivity contribution in [2.45, 2.75) is 82.8 Å². The van der Waals surface area contributed by atoms with Crippen LogP contribution in [0.5, 0.6) is 0 Å². The number of hydrogen-bond acceptors (Lipinski definition) is 2. The van der Waals surface area contributed by atoms with Gasteiger partial charge in [-0.3, -0.25) is 0 Å². The minimum Gasteiger partial charge on any atom is -0.378 e. The van der Waals surface area contributed by atoms with Crippen LogP contribution >= 0.6 is 0 Å². The molecule has 0 heterocycles. The number of halogens is 3. The number of hydrogen-bond donors (Lipinski definition) is 0. The van der Waals surface area contributed by atoms with Crippen LogP contribution in [0.2, 0.25) is 0 Å². The summed E-state index contributed by atoms with van der Waals surface area (Å²) in [6.07, 6.45) is 9.74. The largest absolute Gasteiger partial charge is 0.378 e. The minimum atomic E-state index is -1.38. The molecule has 3 rings (SSSR count). The zero-order valence-corrected chi connectivity index (χ0v) is 16.2. The molecular weight excluding hydrogens is 353 g/mol. The average molecular weight is 384 g/mol. The van der Waals surface area contributed by atoms with E-state index in [-0.39, 0.29) is 12.0 Å². The molecule has 0 atom stereocenters. The van der Waals surface area contributed by atoms with Crippen molar-refractivity contribution in [1.82, 2.24) is 0 Å². The molecule has 1 aromatic carbocycles. The third kappa shape index (κ3) is 5.71. The van der Waals surface area contributed by atoms with Gasteiger partial charge >= 0.3 is 0 Å². The summed E-state index contributed by atoms with van der Waals surface area (Å²) in [4.78, 5) is 0. The number of rotatable bonds is 7. The van der Waals surface area contributed by atoms with Crippen LogP contribution < -0.4 is 0 Å². The minimum absolute atomic E-state index is 0.0839. The molecule has 0 aliphatic heterocycles. The maximum absolute atomic E-state index is 13.4. The average Bonchev–Trinajstić information content (AvgIpc) is 2.69. The monoisotopic (exact) mass is 384 g/mol. The molecule has 2 saturated carbocycles. The molecular formula is C22H31F3O2. The number of benzene rings is 1. The molecule has 1 aromatic rings. The first-order valence-corrected chi connectivity index (χ1v) is 10.4. The maximum Gasteiger partial charge on any atom is 0.194 e. The summed E-state index contributed by atoms with van der Waals surface area (Å²) in [7, 11) is 0. The van der Waals surface area contributed by atoms with E-state index in [1.807, 2.05) is 0 Å². The summed E-state index contributed by atoms with van der Waals surface area (Å²) < 4.78 is 52.0. The van der Waals surface area contributed by atoms with E-state index in [1.54, 1.807) is 0 Å². The Morgan fingerprint density at radius 2 is 1.37 bits per heavy atom. The molecule has 152 valence electrons. The highest BCUT2D eigenvalue weighted by Crippen LogP contribution is 2.36. The Labute approximate surface area is 160 Å². The van der Waals surface area contributed by atoms with Crippen molar-refractivity contribution >= 4 is 0 Å². The van der Waals surface area contributed by atoms with Crippen LogP contribution in [-0.4, -0.2) is 25.4 Å². The molecule has 5 heteroatoms. The Morgan fingerprint density at radius 1 is 0.815 bits per heavy atom. The van der Waals surface area contributed by atoms with Crippen molar-refractivity contribution in [1.29, 1.82) is 0 Å². The quantitative estimate of drug-likeness (QED) is 0.526. The van der Waals surface area contributed by atoms with Crippen molar-refractivity contribution in [2.24, 2.45) is 5.92 Å². The van der Waals surface area contributed by atoms with E-state index in [1.165, 1.54) is 0 Å². The summed E-state index contributed by atoms with van der Waals surface area (Å²) in [5.41, 5.74) is 0.565. The highest BCUT2D eigenvalue weighted by Gasteiger charge is 2.27. The van der Waals surface area contributed by atoms with E-state index in [4.69, 9.17) is 9.47 Å². The van der Waals surface area contributed by atoms with Gasteiger partial charge in [-0.05, 0) is 87.3 Å². The number of ether oxygens (including phenoxy) is 2. The Kier molecular flexibility index (Phi) is 7.59. The lowest BCUT2D eigenvalue weighted by Crippen LogP contribution is -2.27. The smallest absolute Gasteiger partial charge is 0.194 e. The van der Waals surface area contributed by atoms with Crippen LogP contribution in [0.3, 0.4) is 0 Å². The second kappa shape index (κ2) is 9.92. The lowest BCUT2D eigenvalue weighted by molar-refractivity contribution is -0.0251. The van der Waals surface area contributed by atoms with Gasteiger partial charge < -0.3 is 9.47 Å². The Hall–Kier alpha value is -1.07. The van der Waals surface area contributed by atoms with Crippen molar-refractivity contribution < 1.29 is 22.6 Å². The standard InChI is InChI=1S/C22H31F3O2/c1-2-11-26-18-7-3-15(4-8-18)14-27-19-9-5-16(6-10-19)17-12-20(23)22(25)21(24)13-17/h12-13,15-16,18-19H,2-11,14H2,1H3. The molecule has 0 N–H and O–H groups in total. The van der Waals surface area contributed by atoms with Crippen LogP contribution in [0, 0.1) is 23.4 Å². The van der Waals surface area contributed by atoms with Crippen molar-refractivity contribution in [3.05, 3.63) is 35.1 Å². The highest BCUT2D eigenvalue weighted by atomic mass is 19.2.